The van der Waals surface area contributed by atoms with E-state index in [-0.39, 0.29) is 29.4 Å². The summed E-state index contributed by atoms with van der Waals surface area (Å²) < 4.78 is 2.05. The fourth-order valence-electron chi connectivity index (χ4n) is 2.56. The molecule has 0 bridgehead atoms. The Morgan fingerprint density at radius 1 is 1.23 bits per heavy atom. The molecule has 0 saturated heterocycles. The summed E-state index contributed by atoms with van der Waals surface area (Å²) in [5.41, 5.74) is 1.20. The molecule has 1 aromatic heterocycles. The molecule has 2 aromatic rings. The number of guanidine groups is 1. The molecule has 8 heteroatoms. The Morgan fingerprint density at radius 3 is 2.54 bits per heavy atom. The number of benzene rings is 1. The minimum absolute atomic E-state index is 0. The maximum atomic E-state index is 5.98. The highest BCUT2D eigenvalue weighted by atomic mass is 127. The van der Waals surface area contributed by atoms with E-state index in [1.807, 2.05) is 12.1 Å². The molecule has 0 spiro atoms. The number of hydrogen-bond acceptors (Lipinski definition) is 3. The molecule has 0 aliphatic rings. The molecule has 2 rings (SSSR count). The van der Waals surface area contributed by atoms with Gasteiger partial charge in [0, 0.05) is 43.5 Å². The quantitative estimate of drug-likeness (QED) is 0.355. The molecule has 1 aromatic carbocycles. The first kappa shape index (κ1) is 22.7. The lowest BCUT2D eigenvalue weighted by Crippen LogP contribution is -2.44. The molecular weight excluding hydrogens is 463 g/mol. The van der Waals surface area contributed by atoms with Gasteiger partial charge in [-0.3, -0.25) is 4.99 Å². The van der Waals surface area contributed by atoms with Gasteiger partial charge >= 0.3 is 0 Å². The van der Waals surface area contributed by atoms with E-state index in [1.165, 1.54) is 5.56 Å². The lowest BCUT2D eigenvalue weighted by Gasteiger charge is -2.27. The van der Waals surface area contributed by atoms with Crippen molar-refractivity contribution in [2.75, 3.05) is 20.1 Å². The number of aryl methyl sites for hydroxylation is 1. The number of aromatic nitrogens is 3. The van der Waals surface area contributed by atoms with E-state index in [0.29, 0.717) is 0 Å². The minimum atomic E-state index is -0.0359. The Kier molecular flexibility index (Phi) is 9.35. The van der Waals surface area contributed by atoms with Crippen LogP contribution < -0.4 is 10.6 Å². The fourth-order valence-corrected chi connectivity index (χ4v) is 2.69. The Labute approximate surface area is 177 Å². The summed E-state index contributed by atoms with van der Waals surface area (Å²) in [6.07, 6.45) is 2.64. The summed E-state index contributed by atoms with van der Waals surface area (Å²) in [6, 6.07) is 7.99. The maximum absolute atomic E-state index is 5.98. The second-order valence-corrected chi connectivity index (χ2v) is 6.97. The van der Waals surface area contributed by atoms with Crippen LogP contribution >= 0.6 is 35.6 Å². The van der Waals surface area contributed by atoms with Crippen molar-refractivity contribution in [3.05, 3.63) is 47.0 Å². The SMILES string of the molecule is CCc1nncn1CCNC(=NC)NCC(C)(C)c1ccc(Cl)cc1.I. The van der Waals surface area contributed by atoms with Gasteiger partial charge in [0.1, 0.15) is 12.2 Å². The second kappa shape index (κ2) is 10.7. The molecule has 0 radical (unpaired) electrons. The molecule has 0 unspecified atom stereocenters. The smallest absolute Gasteiger partial charge is 0.191 e. The van der Waals surface area contributed by atoms with Gasteiger partial charge in [-0.2, -0.15) is 0 Å². The van der Waals surface area contributed by atoms with Gasteiger partial charge in [-0.1, -0.05) is 44.5 Å². The lowest BCUT2D eigenvalue weighted by molar-refractivity contribution is 0.507. The van der Waals surface area contributed by atoms with Gasteiger partial charge in [0.2, 0.25) is 0 Å². The van der Waals surface area contributed by atoms with E-state index >= 15 is 0 Å². The van der Waals surface area contributed by atoms with Crippen LogP contribution in [0.2, 0.25) is 5.02 Å². The summed E-state index contributed by atoms with van der Waals surface area (Å²) in [7, 11) is 1.78. The third-order valence-electron chi connectivity index (χ3n) is 4.20. The zero-order valence-electron chi connectivity index (χ0n) is 15.8. The van der Waals surface area contributed by atoms with Crippen molar-refractivity contribution < 1.29 is 0 Å². The number of rotatable bonds is 7. The normalized spacial score (nSPS) is 11.8. The lowest BCUT2D eigenvalue weighted by atomic mass is 9.85. The number of hydrogen-bond donors (Lipinski definition) is 2. The van der Waals surface area contributed by atoms with Crippen molar-refractivity contribution in [1.29, 1.82) is 0 Å². The van der Waals surface area contributed by atoms with Crippen LogP contribution in [0.15, 0.2) is 35.6 Å². The first-order valence-electron chi connectivity index (χ1n) is 8.53. The Bertz CT molecular complexity index is 696. The molecule has 26 heavy (non-hydrogen) atoms. The highest BCUT2D eigenvalue weighted by Gasteiger charge is 2.20. The van der Waals surface area contributed by atoms with Crippen LogP contribution in [0.4, 0.5) is 0 Å². The van der Waals surface area contributed by atoms with Crippen LogP contribution in [-0.2, 0) is 18.4 Å². The van der Waals surface area contributed by atoms with Gasteiger partial charge in [0.05, 0.1) is 0 Å². The van der Waals surface area contributed by atoms with Crippen LogP contribution in [0, 0.1) is 0 Å². The predicted octanol–water partition coefficient (Wildman–Crippen LogP) is 3.25. The van der Waals surface area contributed by atoms with E-state index in [9.17, 15) is 0 Å². The third kappa shape index (κ3) is 6.42. The minimum Gasteiger partial charge on any atom is -0.356 e. The average Bonchev–Trinajstić information content (AvgIpc) is 3.05. The highest BCUT2D eigenvalue weighted by molar-refractivity contribution is 14.0. The van der Waals surface area contributed by atoms with Crippen molar-refractivity contribution >= 4 is 41.5 Å². The molecule has 6 nitrogen and oxygen atoms in total. The largest absolute Gasteiger partial charge is 0.356 e. The Balaban J connectivity index is 0.00000338. The number of aliphatic imine (C=N–C) groups is 1. The van der Waals surface area contributed by atoms with Gasteiger partial charge in [-0.05, 0) is 17.7 Å². The second-order valence-electron chi connectivity index (χ2n) is 6.54. The topological polar surface area (TPSA) is 67.1 Å². The molecule has 0 aliphatic heterocycles. The van der Waals surface area contributed by atoms with Gasteiger partial charge in [-0.15, -0.1) is 34.2 Å². The molecule has 2 N–H and O–H groups in total. The first-order chi connectivity index (χ1) is 12.0. The molecule has 0 aliphatic carbocycles. The van der Waals surface area contributed by atoms with E-state index in [2.05, 4.69) is 63.3 Å². The molecule has 0 saturated carbocycles. The Hall–Kier alpha value is -1.35. The molecular formula is C18H28ClIN6. The monoisotopic (exact) mass is 490 g/mol. The van der Waals surface area contributed by atoms with Crippen molar-refractivity contribution in [1.82, 2.24) is 25.4 Å². The predicted molar refractivity (Wildman–Crippen MR) is 119 cm³/mol. The van der Waals surface area contributed by atoms with E-state index in [4.69, 9.17) is 11.6 Å². The highest BCUT2D eigenvalue weighted by Crippen LogP contribution is 2.23. The summed E-state index contributed by atoms with van der Waals surface area (Å²) >= 11 is 5.98. The van der Waals surface area contributed by atoms with Crippen molar-refractivity contribution in [2.24, 2.45) is 4.99 Å². The van der Waals surface area contributed by atoms with Gasteiger partial charge in [0.25, 0.3) is 0 Å². The number of nitrogens with zero attached hydrogens (tertiary/aromatic N) is 4. The average molecular weight is 491 g/mol. The van der Waals surface area contributed by atoms with Gasteiger partial charge < -0.3 is 15.2 Å². The van der Waals surface area contributed by atoms with Crippen molar-refractivity contribution in [2.45, 2.75) is 39.2 Å². The molecule has 144 valence electrons. The van der Waals surface area contributed by atoms with Gasteiger partial charge in [0.15, 0.2) is 5.96 Å². The fraction of sp³-hybridized carbons (Fsp3) is 0.500. The molecule has 0 amide bonds. The maximum Gasteiger partial charge on any atom is 0.191 e. The van der Waals surface area contributed by atoms with Gasteiger partial charge in [-0.25, -0.2) is 0 Å². The summed E-state index contributed by atoms with van der Waals surface area (Å²) in [5.74, 6) is 1.78. The van der Waals surface area contributed by atoms with Crippen LogP contribution in [-0.4, -0.2) is 40.9 Å². The van der Waals surface area contributed by atoms with Crippen molar-refractivity contribution in [3.8, 4) is 0 Å². The molecule has 0 atom stereocenters. The summed E-state index contributed by atoms with van der Waals surface area (Å²) in [4.78, 5) is 4.29. The zero-order chi connectivity index (χ0) is 18.3. The molecule has 0 fully saturated rings. The molecule has 1 heterocycles. The van der Waals surface area contributed by atoms with Crippen LogP contribution in [0.25, 0.3) is 0 Å². The summed E-state index contributed by atoms with van der Waals surface area (Å²) in [6.45, 7) is 8.79. The van der Waals surface area contributed by atoms with E-state index in [0.717, 1.165) is 42.9 Å². The van der Waals surface area contributed by atoms with Crippen LogP contribution in [0.1, 0.15) is 32.2 Å². The number of nitrogens with one attached hydrogen (secondary N) is 2. The van der Waals surface area contributed by atoms with E-state index in [1.54, 1.807) is 13.4 Å². The van der Waals surface area contributed by atoms with Crippen LogP contribution in [0.3, 0.4) is 0 Å². The van der Waals surface area contributed by atoms with E-state index < -0.39 is 0 Å². The first-order valence-corrected chi connectivity index (χ1v) is 8.91. The summed E-state index contributed by atoms with van der Waals surface area (Å²) in [5, 5.41) is 15.5. The third-order valence-corrected chi connectivity index (χ3v) is 4.46. The van der Waals surface area contributed by atoms with Crippen LogP contribution in [0.5, 0.6) is 0 Å². The Morgan fingerprint density at radius 2 is 1.92 bits per heavy atom. The zero-order valence-corrected chi connectivity index (χ0v) is 18.9. The standard InChI is InChI=1S/C18H27ClN6.HI/c1-5-16-24-23-13-25(16)11-10-21-17(20-4)22-12-18(2,3)14-6-8-15(19)9-7-14;/h6-9,13H,5,10-12H2,1-4H3,(H2,20,21,22);1H. The number of halogens is 2. The van der Waals surface area contributed by atoms with Crippen molar-refractivity contribution in [3.63, 3.8) is 0 Å².